The van der Waals surface area contributed by atoms with Crippen molar-refractivity contribution >= 4 is 11.9 Å². The Morgan fingerprint density at radius 2 is 1.90 bits per heavy atom. The minimum absolute atomic E-state index is 0.0598. The summed E-state index contributed by atoms with van der Waals surface area (Å²) < 4.78 is 0. The first-order valence-corrected chi connectivity index (χ1v) is 6.10. The number of pyridine rings is 1. The Bertz CT molecular complexity index is 639. The topological polar surface area (TPSA) is 79.3 Å². The van der Waals surface area contributed by atoms with Crippen molar-refractivity contribution in [2.24, 2.45) is 0 Å². The van der Waals surface area contributed by atoms with Crippen LogP contribution in [0.4, 0.5) is 0 Å². The van der Waals surface area contributed by atoms with Crippen LogP contribution in [0.5, 0.6) is 0 Å². The van der Waals surface area contributed by atoms with Gasteiger partial charge in [-0.3, -0.25) is 4.79 Å². The van der Waals surface area contributed by atoms with E-state index >= 15 is 0 Å². The Morgan fingerprint density at radius 3 is 2.50 bits per heavy atom. The van der Waals surface area contributed by atoms with Crippen LogP contribution in [0.1, 0.15) is 32.1 Å². The molecule has 0 radical (unpaired) electrons. The van der Waals surface area contributed by atoms with E-state index in [1.165, 1.54) is 19.2 Å². The summed E-state index contributed by atoms with van der Waals surface area (Å²) in [7, 11) is 1.48. The van der Waals surface area contributed by atoms with Crippen LogP contribution in [0.2, 0.25) is 0 Å². The number of carbonyl (C=O) groups excluding carboxylic acids is 1. The van der Waals surface area contributed by atoms with E-state index in [-0.39, 0.29) is 11.3 Å². The van der Waals surface area contributed by atoms with Gasteiger partial charge in [0.25, 0.3) is 5.91 Å². The lowest BCUT2D eigenvalue weighted by Crippen LogP contribution is -2.20. The SMILES string of the molecule is CNC(=O)c1cc(C(=O)O)cc(Cc2ccccc2)n1. The lowest BCUT2D eigenvalue weighted by atomic mass is 10.1. The molecule has 0 fully saturated rings. The van der Waals surface area contributed by atoms with Crippen molar-refractivity contribution in [3.63, 3.8) is 0 Å². The summed E-state index contributed by atoms with van der Waals surface area (Å²) in [6, 6.07) is 12.3. The lowest BCUT2D eigenvalue weighted by molar-refractivity contribution is 0.0696. The van der Waals surface area contributed by atoms with Crippen LogP contribution in [-0.4, -0.2) is 29.0 Å². The number of hydrogen-bond donors (Lipinski definition) is 2. The highest BCUT2D eigenvalue weighted by molar-refractivity contribution is 5.95. The van der Waals surface area contributed by atoms with E-state index in [1.54, 1.807) is 0 Å². The molecule has 0 aliphatic heterocycles. The number of carbonyl (C=O) groups is 2. The van der Waals surface area contributed by atoms with Crippen LogP contribution >= 0.6 is 0 Å². The molecule has 5 heteroatoms. The molecule has 5 nitrogen and oxygen atoms in total. The Balaban J connectivity index is 2.39. The van der Waals surface area contributed by atoms with Gasteiger partial charge in [-0.1, -0.05) is 30.3 Å². The molecule has 0 aliphatic rings. The highest BCUT2D eigenvalue weighted by atomic mass is 16.4. The Labute approximate surface area is 116 Å². The second kappa shape index (κ2) is 5.97. The maximum Gasteiger partial charge on any atom is 0.335 e. The number of benzene rings is 1. The molecule has 1 aromatic carbocycles. The molecular formula is C15H14N2O3. The van der Waals surface area contributed by atoms with Crippen LogP contribution in [0.3, 0.4) is 0 Å². The summed E-state index contributed by atoms with van der Waals surface area (Å²) in [6.07, 6.45) is 0.478. The molecule has 0 spiro atoms. The minimum Gasteiger partial charge on any atom is -0.478 e. The molecule has 0 saturated carbocycles. The summed E-state index contributed by atoms with van der Waals surface area (Å²) in [5.41, 5.74) is 1.72. The summed E-state index contributed by atoms with van der Waals surface area (Å²) >= 11 is 0. The van der Waals surface area contributed by atoms with Crippen molar-refractivity contribution < 1.29 is 14.7 Å². The predicted molar refractivity (Wildman–Crippen MR) is 73.8 cm³/mol. The molecule has 1 amide bonds. The lowest BCUT2D eigenvalue weighted by Gasteiger charge is -2.06. The Hall–Kier alpha value is -2.69. The summed E-state index contributed by atoms with van der Waals surface area (Å²) in [5.74, 6) is -1.48. The first-order valence-electron chi connectivity index (χ1n) is 6.10. The second-order valence-electron chi connectivity index (χ2n) is 4.28. The predicted octanol–water partition coefficient (Wildman–Crippen LogP) is 1.73. The van der Waals surface area contributed by atoms with Crippen LogP contribution in [-0.2, 0) is 6.42 Å². The normalized spacial score (nSPS) is 10.1. The van der Waals surface area contributed by atoms with Gasteiger partial charge < -0.3 is 10.4 Å². The largest absolute Gasteiger partial charge is 0.478 e. The smallest absolute Gasteiger partial charge is 0.335 e. The number of aromatic carboxylic acids is 1. The maximum atomic E-state index is 11.6. The summed E-state index contributed by atoms with van der Waals surface area (Å²) in [6.45, 7) is 0. The van der Waals surface area contributed by atoms with E-state index in [1.807, 2.05) is 30.3 Å². The Kier molecular flexibility index (Phi) is 4.10. The van der Waals surface area contributed by atoms with Crippen LogP contribution in [0.25, 0.3) is 0 Å². The number of hydrogen-bond acceptors (Lipinski definition) is 3. The highest BCUT2D eigenvalue weighted by Crippen LogP contribution is 2.11. The standard InChI is InChI=1S/C15H14N2O3/c1-16-14(18)13-9-11(15(19)20)8-12(17-13)7-10-5-3-2-4-6-10/h2-6,8-9H,7H2,1H3,(H,16,18)(H,19,20). The summed E-state index contributed by atoms with van der Waals surface area (Å²) in [5, 5.41) is 11.5. The van der Waals surface area contributed by atoms with E-state index in [4.69, 9.17) is 5.11 Å². The zero-order valence-corrected chi connectivity index (χ0v) is 11.0. The molecule has 2 rings (SSSR count). The molecule has 2 aromatic rings. The first-order chi connectivity index (χ1) is 9.60. The van der Waals surface area contributed by atoms with Crippen molar-refractivity contribution in [3.8, 4) is 0 Å². The molecule has 0 aliphatic carbocycles. The molecule has 0 bridgehead atoms. The van der Waals surface area contributed by atoms with Gasteiger partial charge in [-0.2, -0.15) is 0 Å². The van der Waals surface area contributed by atoms with E-state index < -0.39 is 11.9 Å². The molecule has 0 atom stereocenters. The highest BCUT2D eigenvalue weighted by Gasteiger charge is 2.13. The van der Waals surface area contributed by atoms with Gasteiger partial charge in [0.2, 0.25) is 0 Å². The van der Waals surface area contributed by atoms with E-state index in [0.717, 1.165) is 5.56 Å². The number of rotatable bonds is 4. The van der Waals surface area contributed by atoms with Crippen molar-refractivity contribution in [2.45, 2.75) is 6.42 Å². The van der Waals surface area contributed by atoms with Crippen molar-refractivity contribution in [1.82, 2.24) is 10.3 Å². The molecule has 1 heterocycles. The summed E-state index contributed by atoms with van der Waals surface area (Å²) in [4.78, 5) is 26.9. The van der Waals surface area contributed by atoms with Crippen molar-refractivity contribution in [3.05, 3.63) is 65.0 Å². The third kappa shape index (κ3) is 3.20. The van der Waals surface area contributed by atoms with E-state index in [0.29, 0.717) is 12.1 Å². The fraction of sp³-hybridized carbons (Fsp3) is 0.133. The van der Waals surface area contributed by atoms with Crippen molar-refractivity contribution in [1.29, 1.82) is 0 Å². The number of nitrogens with one attached hydrogen (secondary N) is 1. The molecule has 20 heavy (non-hydrogen) atoms. The van der Waals surface area contributed by atoms with Gasteiger partial charge in [0.1, 0.15) is 5.69 Å². The van der Waals surface area contributed by atoms with Gasteiger partial charge in [0.15, 0.2) is 0 Å². The average molecular weight is 270 g/mol. The maximum absolute atomic E-state index is 11.6. The average Bonchev–Trinajstić information content (AvgIpc) is 2.47. The number of carboxylic acid groups (broad SMARTS) is 1. The quantitative estimate of drug-likeness (QED) is 0.886. The van der Waals surface area contributed by atoms with Gasteiger partial charge in [0.05, 0.1) is 5.56 Å². The van der Waals surface area contributed by atoms with Crippen LogP contribution < -0.4 is 5.32 Å². The first kappa shape index (κ1) is 13.7. The monoisotopic (exact) mass is 270 g/mol. The molecule has 2 N–H and O–H groups in total. The third-order valence-corrected chi connectivity index (χ3v) is 2.81. The fourth-order valence-electron chi connectivity index (χ4n) is 1.85. The zero-order chi connectivity index (χ0) is 14.5. The minimum atomic E-state index is -1.08. The van der Waals surface area contributed by atoms with Gasteiger partial charge >= 0.3 is 5.97 Å². The van der Waals surface area contributed by atoms with Gasteiger partial charge in [-0.05, 0) is 17.7 Å². The number of carboxylic acids is 1. The zero-order valence-electron chi connectivity index (χ0n) is 11.0. The van der Waals surface area contributed by atoms with E-state index in [2.05, 4.69) is 10.3 Å². The van der Waals surface area contributed by atoms with Crippen LogP contribution in [0.15, 0.2) is 42.5 Å². The molecule has 0 saturated heterocycles. The third-order valence-electron chi connectivity index (χ3n) is 2.81. The number of aromatic nitrogens is 1. The van der Waals surface area contributed by atoms with Crippen molar-refractivity contribution in [2.75, 3.05) is 7.05 Å². The second-order valence-corrected chi connectivity index (χ2v) is 4.28. The molecule has 102 valence electrons. The van der Waals surface area contributed by atoms with E-state index in [9.17, 15) is 9.59 Å². The molecule has 0 unspecified atom stereocenters. The molecular weight excluding hydrogens is 256 g/mol. The van der Waals surface area contributed by atoms with Gasteiger partial charge in [-0.15, -0.1) is 0 Å². The Morgan fingerprint density at radius 1 is 1.20 bits per heavy atom. The number of nitrogens with zero attached hydrogens (tertiary/aromatic N) is 1. The fourth-order valence-corrected chi connectivity index (χ4v) is 1.85. The van der Waals surface area contributed by atoms with Crippen LogP contribution in [0, 0.1) is 0 Å². The number of amides is 1. The molecule has 1 aromatic heterocycles. The van der Waals surface area contributed by atoms with Gasteiger partial charge in [-0.25, -0.2) is 9.78 Å². The van der Waals surface area contributed by atoms with Gasteiger partial charge in [0, 0.05) is 19.2 Å².